The molecule has 3 N–H and O–H groups in total. The minimum atomic E-state index is -3.38. The van der Waals surface area contributed by atoms with Crippen LogP contribution in [0, 0.1) is 0 Å². The molecule has 0 aliphatic heterocycles. The number of hydrogen-bond donors (Lipinski definition) is 3. The van der Waals surface area contributed by atoms with E-state index in [1.54, 1.807) is 6.07 Å². The molecule has 0 aliphatic rings. The van der Waals surface area contributed by atoms with Crippen LogP contribution in [0.4, 0.5) is 10.5 Å². The van der Waals surface area contributed by atoms with Crippen molar-refractivity contribution in [3.63, 3.8) is 0 Å². The average molecular weight is 390 g/mol. The summed E-state index contributed by atoms with van der Waals surface area (Å²) in [4.78, 5) is 23.3. The maximum Gasteiger partial charge on any atom is 0.319 e. The molecule has 0 aliphatic carbocycles. The maximum absolute atomic E-state index is 12.3. The van der Waals surface area contributed by atoms with Gasteiger partial charge in [0.25, 0.3) is 0 Å². The Kier molecular flexibility index (Phi) is 6.95. The number of carboxylic acid groups (broad SMARTS) is 1. The average Bonchev–Trinajstić information content (AvgIpc) is 2.60. The summed E-state index contributed by atoms with van der Waals surface area (Å²) in [5.41, 5.74) is 1.32. The fourth-order valence-electron chi connectivity index (χ4n) is 2.58. The molecular formula is C19H22N2O5S. The molecule has 2 aromatic carbocycles. The van der Waals surface area contributed by atoms with E-state index in [0.717, 1.165) is 11.8 Å². The summed E-state index contributed by atoms with van der Waals surface area (Å²) in [6.07, 6.45) is 1.79. The van der Waals surface area contributed by atoms with Crippen molar-refractivity contribution in [1.82, 2.24) is 5.32 Å². The molecule has 7 nitrogen and oxygen atoms in total. The first-order valence-corrected chi connectivity index (χ1v) is 10.3. The number of amides is 2. The molecule has 0 saturated carbocycles. The Morgan fingerprint density at radius 1 is 1.07 bits per heavy atom. The highest BCUT2D eigenvalue weighted by Crippen LogP contribution is 2.15. The van der Waals surface area contributed by atoms with Gasteiger partial charge in [-0.2, -0.15) is 0 Å². The minimum absolute atomic E-state index is 0.0681. The van der Waals surface area contributed by atoms with Crippen LogP contribution in [0.2, 0.25) is 0 Å². The first-order valence-electron chi connectivity index (χ1n) is 8.37. The number of rotatable bonds is 8. The summed E-state index contributed by atoms with van der Waals surface area (Å²) in [7, 11) is -3.38. The molecule has 0 spiro atoms. The topological polar surface area (TPSA) is 113 Å². The Morgan fingerprint density at radius 3 is 2.41 bits per heavy atom. The molecule has 0 saturated heterocycles. The van der Waals surface area contributed by atoms with E-state index < -0.39 is 21.8 Å². The third-order valence-electron chi connectivity index (χ3n) is 3.89. The smallest absolute Gasteiger partial charge is 0.319 e. The molecule has 0 aromatic heterocycles. The number of sulfone groups is 1. The van der Waals surface area contributed by atoms with Gasteiger partial charge in [-0.25, -0.2) is 13.2 Å². The molecule has 2 aromatic rings. The second-order valence-corrected chi connectivity index (χ2v) is 8.23. The van der Waals surface area contributed by atoms with Crippen molar-refractivity contribution in [2.75, 3.05) is 11.6 Å². The van der Waals surface area contributed by atoms with Gasteiger partial charge in [0.05, 0.1) is 4.90 Å². The molecule has 8 heteroatoms. The molecule has 0 fully saturated rings. The van der Waals surface area contributed by atoms with E-state index in [9.17, 15) is 18.0 Å². The van der Waals surface area contributed by atoms with Crippen molar-refractivity contribution in [3.05, 3.63) is 60.2 Å². The van der Waals surface area contributed by atoms with E-state index in [1.165, 1.54) is 18.2 Å². The number of aliphatic carboxylic acids is 1. The van der Waals surface area contributed by atoms with Gasteiger partial charge >= 0.3 is 12.0 Å². The van der Waals surface area contributed by atoms with Crippen molar-refractivity contribution >= 4 is 27.5 Å². The number of anilines is 1. The Bertz CT molecular complexity index is 897. The van der Waals surface area contributed by atoms with Crippen molar-refractivity contribution in [2.24, 2.45) is 0 Å². The summed E-state index contributed by atoms with van der Waals surface area (Å²) in [6, 6.07) is 14.5. The minimum Gasteiger partial charge on any atom is -0.481 e. The number of urea groups is 1. The molecule has 1 unspecified atom stereocenters. The number of carboxylic acids is 1. The molecule has 1 atom stereocenters. The predicted octanol–water partition coefficient (Wildman–Crippen LogP) is 2.69. The molecule has 2 rings (SSSR count). The SMILES string of the molecule is CS(=O)(=O)c1cccc(NC(=O)NC(CCC(=O)O)Cc2ccccc2)c1. The van der Waals surface area contributed by atoms with Crippen LogP contribution in [0.1, 0.15) is 18.4 Å². The van der Waals surface area contributed by atoms with Gasteiger partial charge in [0, 0.05) is 24.4 Å². The van der Waals surface area contributed by atoms with Gasteiger partial charge in [0.1, 0.15) is 0 Å². The third kappa shape index (κ3) is 7.10. The lowest BCUT2D eigenvalue weighted by Crippen LogP contribution is -2.39. The lowest BCUT2D eigenvalue weighted by atomic mass is 10.0. The van der Waals surface area contributed by atoms with E-state index in [4.69, 9.17) is 5.11 Å². The fourth-order valence-corrected chi connectivity index (χ4v) is 3.25. The van der Waals surface area contributed by atoms with Crippen LogP contribution in [0.3, 0.4) is 0 Å². The van der Waals surface area contributed by atoms with Gasteiger partial charge in [-0.15, -0.1) is 0 Å². The highest BCUT2D eigenvalue weighted by atomic mass is 32.2. The first-order chi connectivity index (χ1) is 12.7. The van der Waals surface area contributed by atoms with E-state index >= 15 is 0 Å². The molecule has 144 valence electrons. The molecule has 2 amide bonds. The number of nitrogens with one attached hydrogen (secondary N) is 2. The summed E-state index contributed by atoms with van der Waals surface area (Å²) in [6.45, 7) is 0. The molecule has 0 heterocycles. The number of carbonyl (C=O) groups is 2. The van der Waals surface area contributed by atoms with Crippen molar-refractivity contribution in [1.29, 1.82) is 0 Å². The van der Waals surface area contributed by atoms with Gasteiger partial charge in [-0.05, 0) is 36.6 Å². The van der Waals surface area contributed by atoms with E-state index in [0.29, 0.717) is 12.1 Å². The normalized spacial score (nSPS) is 12.2. The summed E-state index contributed by atoms with van der Waals surface area (Å²) < 4.78 is 23.2. The monoisotopic (exact) mass is 390 g/mol. The zero-order chi connectivity index (χ0) is 19.9. The maximum atomic E-state index is 12.3. The van der Waals surface area contributed by atoms with Gasteiger partial charge in [-0.3, -0.25) is 4.79 Å². The van der Waals surface area contributed by atoms with Crippen LogP contribution in [0.5, 0.6) is 0 Å². The first kappa shape index (κ1) is 20.4. The van der Waals surface area contributed by atoms with Crippen molar-refractivity contribution in [3.8, 4) is 0 Å². The van der Waals surface area contributed by atoms with E-state index in [2.05, 4.69) is 10.6 Å². The predicted molar refractivity (Wildman–Crippen MR) is 103 cm³/mol. The second kappa shape index (κ2) is 9.18. The fraction of sp³-hybridized carbons (Fsp3) is 0.263. The van der Waals surface area contributed by atoms with Gasteiger partial charge in [0.2, 0.25) is 0 Å². The standard InChI is InChI=1S/C19H22N2O5S/c1-27(25,26)17-9-5-8-15(13-17)20-19(24)21-16(10-11-18(22)23)12-14-6-3-2-4-7-14/h2-9,13,16H,10-12H2,1H3,(H,22,23)(H2,20,21,24). The van der Waals surface area contributed by atoms with E-state index in [1.807, 2.05) is 30.3 Å². The Labute approximate surface area is 158 Å². The van der Waals surface area contributed by atoms with Gasteiger partial charge in [0.15, 0.2) is 9.84 Å². The third-order valence-corrected chi connectivity index (χ3v) is 5.00. The molecule has 27 heavy (non-hydrogen) atoms. The zero-order valence-electron chi connectivity index (χ0n) is 14.9. The van der Waals surface area contributed by atoms with Crippen molar-refractivity contribution in [2.45, 2.75) is 30.2 Å². The highest BCUT2D eigenvalue weighted by molar-refractivity contribution is 7.90. The van der Waals surface area contributed by atoms with Crippen molar-refractivity contribution < 1.29 is 23.1 Å². The Hall–Kier alpha value is -2.87. The zero-order valence-corrected chi connectivity index (χ0v) is 15.7. The van der Waals surface area contributed by atoms with Crippen LogP contribution in [0.25, 0.3) is 0 Å². The Morgan fingerprint density at radius 2 is 1.78 bits per heavy atom. The van der Waals surface area contributed by atoms with Crippen LogP contribution < -0.4 is 10.6 Å². The summed E-state index contributed by atoms with van der Waals surface area (Å²) in [5, 5.41) is 14.3. The van der Waals surface area contributed by atoms with Crippen LogP contribution in [-0.4, -0.2) is 37.8 Å². The summed E-state index contributed by atoms with van der Waals surface area (Å²) >= 11 is 0. The largest absolute Gasteiger partial charge is 0.481 e. The molecular weight excluding hydrogens is 368 g/mol. The summed E-state index contributed by atoms with van der Waals surface area (Å²) in [5.74, 6) is -0.934. The molecule has 0 bridgehead atoms. The molecule has 0 radical (unpaired) electrons. The van der Waals surface area contributed by atoms with Crippen LogP contribution in [-0.2, 0) is 21.1 Å². The van der Waals surface area contributed by atoms with E-state index in [-0.39, 0.29) is 23.8 Å². The van der Waals surface area contributed by atoms with Crippen LogP contribution >= 0.6 is 0 Å². The quantitative estimate of drug-likeness (QED) is 0.641. The second-order valence-electron chi connectivity index (χ2n) is 6.22. The Balaban J connectivity index is 2.05. The van der Waals surface area contributed by atoms with Gasteiger partial charge in [-0.1, -0.05) is 36.4 Å². The lowest BCUT2D eigenvalue weighted by Gasteiger charge is -2.19. The number of benzene rings is 2. The number of hydrogen-bond acceptors (Lipinski definition) is 4. The van der Waals surface area contributed by atoms with Gasteiger partial charge < -0.3 is 15.7 Å². The highest BCUT2D eigenvalue weighted by Gasteiger charge is 2.15. The van der Waals surface area contributed by atoms with Crippen LogP contribution in [0.15, 0.2) is 59.5 Å². The number of carbonyl (C=O) groups excluding carboxylic acids is 1. The lowest BCUT2D eigenvalue weighted by molar-refractivity contribution is -0.137.